The van der Waals surface area contributed by atoms with Crippen molar-refractivity contribution in [1.29, 1.82) is 0 Å². The molecule has 0 saturated carbocycles. The summed E-state index contributed by atoms with van der Waals surface area (Å²) in [4.78, 5) is 24.3. The number of amides is 1. The summed E-state index contributed by atoms with van der Waals surface area (Å²) in [7, 11) is 0. The predicted octanol–water partition coefficient (Wildman–Crippen LogP) is 5.09. The molecule has 0 aliphatic carbocycles. The molecule has 8 heteroatoms. The van der Waals surface area contributed by atoms with E-state index in [1.54, 1.807) is 0 Å². The molecule has 30 heavy (non-hydrogen) atoms. The average molecular weight is 417 g/mol. The van der Waals surface area contributed by atoms with Gasteiger partial charge in [-0.3, -0.25) is 9.59 Å². The normalized spacial score (nSPS) is 11.1. The number of alkyl halides is 3. The number of carbonyl (C=O) groups is 2. The van der Waals surface area contributed by atoms with Gasteiger partial charge in [0.15, 0.2) is 12.4 Å². The van der Waals surface area contributed by atoms with Gasteiger partial charge < -0.3 is 10.1 Å². The van der Waals surface area contributed by atoms with Gasteiger partial charge in [0.25, 0.3) is 5.91 Å². The summed E-state index contributed by atoms with van der Waals surface area (Å²) in [6, 6.07) is 15.6. The summed E-state index contributed by atoms with van der Waals surface area (Å²) in [6.45, 7) is -0.516. The predicted molar refractivity (Wildman–Crippen MR) is 102 cm³/mol. The van der Waals surface area contributed by atoms with Gasteiger partial charge in [-0.15, -0.1) is 0 Å². The lowest BCUT2D eigenvalue weighted by atomic mass is 10.0. The van der Waals surface area contributed by atoms with Crippen LogP contribution >= 0.6 is 0 Å². The van der Waals surface area contributed by atoms with Crippen molar-refractivity contribution in [1.82, 2.24) is 0 Å². The van der Waals surface area contributed by atoms with Gasteiger partial charge >= 0.3 is 6.18 Å². The number of anilines is 1. The zero-order valence-electron chi connectivity index (χ0n) is 15.4. The van der Waals surface area contributed by atoms with Crippen LogP contribution in [0, 0.1) is 5.82 Å². The fourth-order valence-corrected chi connectivity index (χ4v) is 2.64. The van der Waals surface area contributed by atoms with E-state index in [-0.39, 0.29) is 17.2 Å². The van der Waals surface area contributed by atoms with Crippen molar-refractivity contribution in [3.05, 3.63) is 95.3 Å². The molecule has 0 fully saturated rings. The maximum absolute atomic E-state index is 13.0. The number of para-hydroxylation sites is 1. The molecule has 0 unspecified atom stereocenters. The van der Waals surface area contributed by atoms with E-state index in [0.717, 1.165) is 12.1 Å². The van der Waals surface area contributed by atoms with Crippen LogP contribution in [0.1, 0.15) is 21.5 Å². The van der Waals surface area contributed by atoms with Gasteiger partial charge in [-0.2, -0.15) is 13.2 Å². The smallest absolute Gasteiger partial charge is 0.418 e. The zero-order chi connectivity index (χ0) is 21.7. The molecule has 4 nitrogen and oxygen atoms in total. The maximum Gasteiger partial charge on any atom is 0.418 e. The molecule has 3 rings (SSSR count). The molecule has 154 valence electrons. The number of hydrogen-bond donors (Lipinski definition) is 1. The number of ketones is 1. The number of hydrogen-bond acceptors (Lipinski definition) is 3. The summed E-state index contributed by atoms with van der Waals surface area (Å²) >= 11 is 0. The molecule has 3 aromatic carbocycles. The highest BCUT2D eigenvalue weighted by Gasteiger charge is 2.33. The minimum absolute atomic E-state index is 0.255. The van der Waals surface area contributed by atoms with Gasteiger partial charge in [0.2, 0.25) is 0 Å². The third kappa shape index (κ3) is 5.22. The van der Waals surface area contributed by atoms with E-state index in [0.29, 0.717) is 11.1 Å². The first-order valence-corrected chi connectivity index (χ1v) is 8.73. The Morgan fingerprint density at radius 3 is 2.00 bits per heavy atom. The minimum atomic E-state index is -4.60. The minimum Gasteiger partial charge on any atom is -0.484 e. The molecule has 0 saturated heterocycles. The lowest BCUT2D eigenvalue weighted by molar-refractivity contribution is -0.137. The van der Waals surface area contributed by atoms with Crippen LogP contribution in [0.5, 0.6) is 5.75 Å². The standard InChI is InChI=1S/C22H15F4NO3/c23-16-9-5-14(6-10-16)21(29)15-7-11-17(12-8-15)30-13-20(28)27-19-4-2-1-3-18(19)22(24,25)26/h1-12H,13H2,(H,27,28). The molecular formula is C22H15F4NO3. The highest BCUT2D eigenvalue weighted by molar-refractivity contribution is 6.09. The van der Waals surface area contributed by atoms with Crippen LogP contribution in [-0.4, -0.2) is 18.3 Å². The summed E-state index contributed by atoms with van der Waals surface area (Å²) in [5, 5.41) is 2.17. The van der Waals surface area contributed by atoms with E-state index in [9.17, 15) is 27.2 Å². The molecule has 0 bridgehead atoms. The second-order valence-electron chi connectivity index (χ2n) is 6.24. The van der Waals surface area contributed by atoms with Gasteiger partial charge in [0.05, 0.1) is 11.3 Å². The van der Waals surface area contributed by atoms with E-state index < -0.39 is 30.1 Å². The van der Waals surface area contributed by atoms with E-state index in [1.807, 2.05) is 0 Å². The van der Waals surface area contributed by atoms with Crippen molar-refractivity contribution >= 4 is 17.4 Å². The van der Waals surface area contributed by atoms with Gasteiger partial charge in [-0.05, 0) is 60.7 Å². The SMILES string of the molecule is O=C(COc1ccc(C(=O)c2ccc(F)cc2)cc1)Nc1ccccc1C(F)(F)F. The molecule has 0 aliphatic heterocycles. The number of ether oxygens (including phenoxy) is 1. The molecule has 0 atom stereocenters. The largest absolute Gasteiger partial charge is 0.484 e. The van der Waals surface area contributed by atoms with Gasteiger partial charge in [0.1, 0.15) is 11.6 Å². The average Bonchev–Trinajstić information content (AvgIpc) is 2.72. The first-order valence-electron chi connectivity index (χ1n) is 8.73. The van der Waals surface area contributed by atoms with Crippen molar-refractivity contribution in [2.45, 2.75) is 6.18 Å². The fourth-order valence-electron chi connectivity index (χ4n) is 2.64. The summed E-state index contributed by atoms with van der Waals surface area (Å²) in [5.41, 5.74) is -0.675. The summed E-state index contributed by atoms with van der Waals surface area (Å²) < 4.78 is 57.1. The van der Waals surface area contributed by atoms with Crippen molar-refractivity contribution in [3.63, 3.8) is 0 Å². The van der Waals surface area contributed by atoms with Crippen molar-refractivity contribution in [3.8, 4) is 5.75 Å². The Hall–Kier alpha value is -3.68. The van der Waals surface area contributed by atoms with Crippen LogP contribution in [0.25, 0.3) is 0 Å². The lowest BCUT2D eigenvalue weighted by Gasteiger charge is -2.13. The topological polar surface area (TPSA) is 55.4 Å². The van der Waals surface area contributed by atoms with Crippen molar-refractivity contribution in [2.75, 3.05) is 11.9 Å². The van der Waals surface area contributed by atoms with Crippen LogP contribution in [0.3, 0.4) is 0 Å². The molecule has 1 amide bonds. The van der Waals surface area contributed by atoms with Gasteiger partial charge in [-0.1, -0.05) is 12.1 Å². The molecule has 3 aromatic rings. The number of rotatable bonds is 6. The highest BCUT2D eigenvalue weighted by Crippen LogP contribution is 2.34. The molecule has 0 heterocycles. The van der Waals surface area contributed by atoms with Gasteiger partial charge in [-0.25, -0.2) is 4.39 Å². The molecular weight excluding hydrogens is 402 g/mol. The molecule has 1 N–H and O–H groups in total. The second kappa shape index (κ2) is 8.77. The fraction of sp³-hybridized carbons (Fsp3) is 0.0909. The Bertz CT molecular complexity index is 1050. The first-order chi connectivity index (χ1) is 14.2. The first kappa shape index (κ1) is 21.0. The van der Waals surface area contributed by atoms with E-state index in [1.165, 1.54) is 60.7 Å². The van der Waals surface area contributed by atoms with E-state index >= 15 is 0 Å². The highest BCUT2D eigenvalue weighted by atomic mass is 19.4. The quantitative estimate of drug-likeness (QED) is 0.449. The van der Waals surface area contributed by atoms with Crippen molar-refractivity contribution < 1.29 is 31.9 Å². The molecule has 0 radical (unpaired) electrons. The summed E-state index contributed by atoms with van der Waals surface area (Å²) in [6.07, 6.45) is -4.60. The Morgan fingerprint density at radius 2 is 1.40 bits per heavy atom. The molecule has 0 spiro atoms. The van der Waals surface area contributed by atoms with Crippen LogP contribution in [0.4, 0.5) is 23.2 Å². The lowest BCUT2D eigenvalue weighted by Crippen LogP contribution is -2.22. The third-order valence-corrected chi connectivity index (χ3v) is 4.10. The summed E-state index contributed by atoms with van der Waals surface area (Å²) in [5.74, 6) is -1.28. The number of benzene rings is 3. The van der Waals surface area contributed by atoms with Crippen LogP contribution in [-0.2, 0) is 11.0 Å². The number of halogens is 4. The number of carbonyl (C=O) groups excluding carboxylic acids is 2. The molecule has 0 aromatic heterocycles. The van der Waals surface area contributed by atoms with Crippen LogP contribution in [0.15, 0.2) is 72.8 Å². The van der Waals surface area contributed by atoms with E-state index in [2.05, 4.69) is 5.32 Å². The van der Waals surface area contributed by atoms with Crippen LogP contribution in [0.2, 0.25) is 0 Å². The third-order valence-electron chi connectivity index (χ3n) is 4.10. The Morgan fingerprint density at radius 1 is 0.833 bits per heavy atom. The second-order valence-corrected chi connectivity index (χ2v) is 6.24. The van der Waals surface area contributed by atoms with Crippen LogP contribution < -0.4 is 10.1 Å². The Balaban J connectivity index is 1.60. The van der Waals surface area contributed by atoms with E-state index in [4.69, 9.17) is 4.74 Å². The number of nitrogens with one attached hydrogen (secondary N) is 1. The zero-order valence-corrected chi connectivity index (χ0v) is 15.4. The monoisotopic (exact) mass is 417 g/mol. The van der Waals surface area contributed by atoms with Crippen molar-refractivity contribution in [2.24, 2.45) is 0 Å². The van der Waals surface area contributed by atoms with Gasteiger partial charge in [0, 0.05) is 11.1 Å². The Labute approximate surface area is 169 Å². The Kier molecular flexibility index (Phi) is 6.15. The molecule has 0 aliphatic rings. The maximum atomic E-state index is 13.0.